The average Bonchev–Trinajstić information content (AvgIpc) is 4.01. The smallest absolute Gasteiger partial charge is 0.269 e. The van der Waals surface area contributed by atoms with Crippen molar-refractivity contribution in [1.82, 2.24) is 21.0 Å². The van der Waals surface area contributed by atoms with Crippen LogP contribution in [0.5, 0.6) is 0 Å². The summed E-state index contributed by atoms with van der Waals surface area (Å²) in [6, 6.07) is 27.2. The molecule has 0 saturated carbocycles. The number of aromatic nitrogens is 2. The summed E-state index contributed by atoms with van der Waals surface area (Å²) in [5, 5.41) is 40.4. The molecule has 15 heteroatoms. The Hall–Kier alpha value is -6.62. The van der Waals surface area contributed by atoms with Gasteiger partial charge in [-0.15, -0.1) is 10.2 Å². The molecule has 3 aromatic heterocycles. The van der Waals surface area contributed by atoms with Crippen LogP contribution in [0.4, 0.5) is 22.7 Å². The Kier molecular flexibility index (Phi) is 13.5. The number of carbonyl (C=O) groups excluding carboxylic acids is 2. The molecule has 0 bridgehead atoms. The van der Waals surface area contributed by atoms with Crippen molar-refractivity contribution in [3.63, 3.8) is 0 Å². The maximum atomic E-state index is 12.5. The number of nitrogens with zero attached hydrogens (tertiary/aromatic N) is 4. The fraction of sp³-hybridized carbons (Fsp3) is 0.171. The molecule has 0 aliphatic heterocycles. The maximum Gasteiger partial charge on any atom is 0.269 e. The number of benzene rings is 4. The lowest BCUT2D eigenvalue weighted by Crippen LogP contribution is -2.52. The Morgan fingerprint density at radius 2 is 1.27 bits per heavy atom. The predicted octanol–water partition coefficient (Wildman–Crippen LogP) is 8.75. The van der Waals surface area contributed by atoms with Gasteiger partial charge in [0.15, 0.2) is 0 Å². The minimum Gasteiger partial charge on any atom is -0.418 e. The van der Waals surface area contributed by atoms with Crippen molar-refractivity contribution in [1.29, 1.82) is 0 Å². The molecule has 56 heavy (non-hydrogen) atoms. The van der Waals surface area contributed by atoms with E-state index >= 15 is 0 Å². The number of hydrogen-bond acceptors (Lipinski definition) is 11. The summed E-state index contributed by atoms with van der Waals surface area (Å²) in [4.78, 5) is 31.7. The summed E-state index contributed by atoms with van der Waals surface area (Å²) >= 11 is 2.95. The van der Waals surface area contributed by atoms with Gasteiger partial charge in [0.1, 0.15) is 12.1 Å². The molecule has 284 valence electrons. The maximum absolute atomic E-state index is 12.5. The van der Waals surface area contributed by atoms with E-state index in [1.807, 2.05) is 59.3 Å². The second kappa shape index (κ2) is 18.6. The van der Waals surface area contributed by atoms with E-state index in [1.165, 1.54) is 29.6 Å². The van der Waals surface area contributed by atoms with Gasteiger partial charge in [0.25, 0.3) is 11.8 Å². The van der Waals surface area contributed by atoms with Crippen LogP contribution in [0, 0.1) is 13.1 Å². The van der Waals surface area contributed by atoms with E-state index in [0.29, 0.717) is 34.4 Å². The number of nitrogens with one attached hydrogen (secondary N) is 4. The van der Waals surface area contributed by atoms with Crippen molar-refractivity contribution in [3.8, 4) is 11.5 Å². The fourth-order valence-electron chi connectivity index (χ4n) is 5.57. The van der Waals surface area contributed by atoms with Crippen LogP contribution >= 0.6 is 22.7 Å². The van der Waals surface area contributed by atoms with E-state index in [0.717, 1.165) is 31.4 Å². The Bertz CT molecular complexity index is 2500. The zero-order valence-corrected chi connectivity index (χ0v) is 31.1. The largest absolute Gasteiger partial charge is 0.418 e. The van der Waals surface area contributed by atoms with Crippen molar-refractivity contribution in [3.05, 3.63) is 142 Å². The molecule has 0 aliphatic carbocycles. The quantitative estimate of drug-likeness (QED) is 0.0586. The number of aliphatic hydroxyl groups is 2. The molecule has 2 amide bonds. The van der Waals surface area contributed by atoms with Gasteiger partial charge in [0.2, 0.25) is 23.2 Å². The van der Waals surface area contributed by atoms with E-state index in [2.05, 4.69) is 41.4 Å². The second-order valence-electron chi connectivity index (χ2n) is 12.2. The predicted molar refractivity (Wildman–Crippen MR) is 222 cm³/mol. The minimum absolute atomic E-state index is 0. The molecule has 4 aromatic carbocycles. The van der Waals surface area contributed by atoms with Gasteiger partial charge in [0, 0.05) is 42.7 Å². The van der Waals surface area contributed by atoms with Crippen LogP contribution in [-0.4, -0.2) is 50.5 Å². The first kappa shape index (κ1) is 40.6. The number of hydrazine groups is 1. The molecule has 0 saturated heterocycles. The lowest BCUT2D eigenvalue weighted by Gasteiger charge is -2.22. The van der Waals surface area contributed by atoms with Crippen LogP contribution in [0.1, 0.15) is 43.6 Å². The number of anilines is 2. The topological polar surface area (TPSA) is 170 Å². The Morgan fingerprint density at radius 3 is 1.80 bits per heavy atom. The average molecular weight is 787 g/mol. The van der Waals surface area contributed by atoms with E-state index in [-0.39, 0.29) is 7.43 Å². The molecule has 13 nitrogen and oxygen atoms in total. The number of carbonyl (C=O) groups is 2. The number of hydrogen-bond donors (Lipinski definition) is 6. The molecule has 0 fully saturated rings. The first-order valence-corrected chi connectivity index (χ1v) is 18.6. The van der Waals surface area contributed by atoms with Crippen molar-refractivity contribution < 1.29 is 24.2 Å². The monoisotopic (exact) mass is 786 g/mol. The molecule has 0 unspecified atom stereocenters. The minimum atomic E-state index is -1.03. The third kappa shape index (κ3) is 9.18. The molecule has 0 spiro atoms. The zero-order valence-electron chi connectivity index (χ0n) is 29.4. The molecule has 6 N–H and O–H groups in total. The van der Waals surface area contributed by atoms with E-state index in [4.69, 9.17) is 17.6 Å². The number of rotatable bonds is 10. The Labute approximate surface area is 331 Å². The van der Waals surface area contributed by atoms with Gasteiger partial charge in [-0.3, -0.25) is 20.4 Å². The number of aliphatic hydroxyl groups excluding tert-OH is 2. The van der Waals surface area contributed by atoms with Crippen LogP contribution in [0.3, 0.4) is 0 Å². The van der Waals surface area contributed by atoms with Gasteiger partial charge < -0.3 is 25.3 Å². The molecule has 7 rings (SSSR count). The van der Waals surface area contributed by atoms with Crippen molar-refractivity contribution in [2.24, 2.45) is 0 Å². The summed E-state index contributed by atoms with van der Waals surface area (Å²) < 4.78 is 7.53. The molecular formula is C41H38N8O5S2. The Morgan fingerprint density at radius 1 is 0.714 bits per heavy atom. The number of thiophene rings is 2. The summed E-state index contributed by atoms with van der Waals surface area (Å²) in [5.74, 6) is -0.333. The lowest BCUT2D eigenvalue weighted by molar-refractivity contribution is -0.124. The highest BCUT2D eigenvalue weighted by Gasteiger charge is 2.26. The number of fused-ring (bicyclic) bond motifs is 2. The highest BCUT2D eigenvalue weighted by molar-refractivity contribution is 7.18. The van der Waals surface area contributed by atoms with Gasteiger partial charge in [-0.1, -0.05) is 56.0 Å². The standard InChI is InChI=1S/C20H18N4O3S.C20H16N4O2S.CH4/c1-12(25)17(20(27)24-23-19(26)13-6-4-3-5-7-13)22-15-8-9-16(21-2)18-14(15)10-11-28-18;1-12(25)17(20-24-23-19(26-20)13-6-4-3-5-7-13)22-15-8-9-16(21-2)18-14(15)10-11-27-18;/h3-12,17,22,25H,1H3,(H,23,26)(H,24,27);3-12,17,22,25H,1H3;1H4/t2*12-,17-;/m11./s1. The van der Waals surface area contributed by atoms with Gasteiger partial charge in [0.05, 0.1) is 25.4 Å². The SMILES string of the molecule is C.[C-]#[N+]c1ccc(N[C@@H](C(=O)NNC(=O)c2ccccc2)[C@@H](C)O)c2ccsc12.[C-]#[N+]c1ccc(N[C@@H](c2nnc(-c3ccccc3)o2)[C@@H](C)O)c2ccsc12. The fourth-order valence-corrected chi connectivity index (χ4v) is 7.33. The van der Waals surface area contributed by atoms with E-state index in [1.54, 1.807) is 55.5 Å². The van der Waals surface area contributed by atoms with Crippen LogP contribution in [0.2, 0.25) is 0 Å². The molecule has 4 atom stereocenters. The lowest BCUT2D eigenvalue weighted by atomic mass is 10.1. The molecule has 0 aliphatic rings. The summed E-state index contributed by atoms with van der Waals surface area (Å²) in [6.45, 7) is 17.7. The van der Waals surface area contributed by atoms with Gasteiger partial charge in [-0.2, -0.15) is 22.7 Å². The first-order chi connectivity index (χ1) is 26.7. The zero-order chi connectivity index (χ0) is 38.9. The van der Waals surface area contributed by atoms with Gasteiger partial charge >= 0.3 is 0 Å². The number of amides is 2. The van der Waals surface area contributed by atoms with E-state index < -0.39 is 36.1 Å². The molecule has 0 radical (unpaired) electrons. The summed E-state index contributed by atoms with van der Waals surface area (Å²) in [6.07, 6.45) is -1.79. The van der Waals surface area contributed by atoms with Gasteiger partial charge in [-0.25, -0.2) is 9.69 Å². The molecular weight excluding hydrogens is 749 g/mol. The van der Waals surface area contributed by atoms with Crippen LogP contribution in [0.15, 0.2) is 112 Å². The first-order valence-electron chi connectivity index (χ1n) is 16.9. The Balaban J connectivity index is 0.000000211. The third-order valence-corrected chi connectivity index (χ3v) is 10.2. The van der Waals surface area contributed by atoms with Crippen LogP contribution in [0.25, 0.3) is 41.3 Å². The van der Waals surface area contributed by atoms with Crippen molar-refractivity contribution >= 4 is 77.4 Å². The van der Waals surface area contributed by atoms with Crippen molar-refractivity contribution in [2.75, 3.05) is 10.6 Å². The highest BCUT2D eigenvalue weighted by Crippen LogP contribution is 2.38. The van der Waals surface area contributed by atoms with Crippen LogP contribution < -0.4 is 21.5 Å². The third-order valence-electron chi connectivity index (χ3n) is 8.36. The molecule has 7 aromatic rings. The highest BCUT2D eigenvalue weighted by atomic mass is 32.1. The van der Waals surface area contributed by atoms with Gasteiger partial charge in [-0.05, 0) is 73.1 Å². The normalized spacial score (nSPS) is 12.7. The van der Waals surface area contributed by atoms with Crippen molar-refractivity contribution in [2.45, 2.75) is 45.6 Å². The summed E-state index contributed by atoms with van der Waals surface area (Å²) in [7, 11) is 0. The van der Waals surface area contributed by atoms with E-state index in [9.17, 15) is 19.8 Å². The second-order valence-corrected chi connectivity index (χ2v) is 14.0. The summed E-state index contributed by atoms with van der Waals surface area (Å²) in [5.41, 5.74) is 8.49. The molecule has 3 heterocycles. The van der Waals surface area contributed by atoms with Crippen LogP contribution in [-0.2, 0) is 4.79 Å².